The molecule has 23 heavy (non-hydrogen) atoms. The maximum absolute atomic E-state index is 10.2. The first-order valence-corrected chi connectivity index (χ1v) is 8.33. The van der Waals surface area contributed by atoms with Crippen molar-refractivity contribution < 1.29 is 40.9 Å². The van der Waals surface area contributed by atoms with Gasteiger partial charge in [-0.3, -0.25) is 0 Å². The van der Waals surface area contributed by atoms with E-state index in [0.717, 1.165) is 12.5 Å². The number of unbranched alkanes of at least 4 members (excludes halogenated alkanes) is 7. The summed E-state index contributed by atoms with van der Waals surface area (Å²) in [5, 5.41) is 8.38. The fraction of sp³-hybridized carbons (Fsp3) is 0.450. The minimum Gasteiger partial charge on any atom is -1.00 e. The van der Waals surface area contributed by atoms with E-state index in [1.807, 2.05) is 24.3 Å². The molecule has 0 amide bonds. The third-order valence-corrected chi connectivity index (χ3v) is 3.13. The topological polar surface area (TPSA) is 37.3 Å². The van der Waals surface area contributed by atoms with Gasteiger partial charge in [-0.15, -0.1) is 0 Å². The Bertz CT molecular complexity index is 410. The largest absolute Gasteiger partial charge is 1.00 e. The van der Waals surface area contributed by atoms with Crippen molar-refractivity contribution in [1.29, 1.82) is 0 Å². The Morgan fingerprint density at radius 1 is 0.783 bits per heavy atom. The van der Waals surface area contributed by atoms with Crippen LogP contribution in [0.5, 0.6) is 0 Å². The molecule has 0 atom stereocenters. The van der Waals surface area contributed by atoms with Gasteiger partial charge in [-0.1, -0.05) is 100 Å². The standard InChI is InChI=1S/C20H30O2.Na.H/c1-2-3-4-5-6-7-8-9-10-11-12-13-14-15-16-17-18-19-20(21)22;;/h10-19H,2-9H2,1H3,(H,21,22);;/q;+1;-1/b11-10+,13-12+,15-14+,17-16+,19-18+;;. The molecule has 0 fully saturated rings. The zero-order valence-electron chi connectivity index (χ0n) is 15.8. The summed E-state index contributed by atoms with van der Waals surface area (Å²) in [5.74, 6) is -0.931. The second-order valence-electron chi connectivity index (χ2n) is 5.19. The van der Waals surface area contributed by atoms with Crippen molar-refractivity contribution in [2.24, 2.45) is 0 Å². The first-order valence-electron chi connectivity index (χ1n) is 8.33. The zero-order valence-corrected chi connectivity index (χ0v) is 16.8. The molecule has 0 spiro atoms. The van der Waals surface area contributed by atoms with Crippen molar-refractivity contribution in [3.63, 3.8) is 0 Å². The molecule has 0 heterocycles. The molecule has 0 radical (unpaired) electrons. The van der Waals surface area contributed by atoms with E-state index in [1.54, 1.807) is 12.2 Å². The molecule has 1 N–H and O–H groups in total. The Balaban J connectivity index is -0.00000220. The summed E-state index contributed by atoms with van der Waals surface area (Å²) in [7, 11) is 0. The predicted octanol–water partition coefficient (Wildman–Crippen LogP) is 3.11. The van der Waals surface area contributed by atoms with Crippen LogP contribution >= 0.6 is 0 Å². The minimum atomic E-state index is -0.931. The van der Waals surface area contributed by atoms with Crippen LogP contribution in [0, 0.1) is 0 Å². The second kappa shape index (κ2) is 21.2. The van der Waals surface area contributed by atoms with Gasteiger partial charge in [0.2, 0.25) is 0 Å². The fourth-order valence-electron chi connectivity index (χ4n) is 1.92. The van der Waals surface area contributed by atoms with E-state index in [4.69, 9.17) is 5.11 Å². The Hall–Kier alpha value is -0.830. The SMILES string of the molecule is CCCCCCCCC/C=C/C=C/C=C/C=C/C=C/C(=O)O.[H-].[Na+]. The van der Waals surface area contributed by atoms with Crippen molar-refractivity contribution in [2.75, 3.05) is 0 Å². The van der Waals surface area contributed by atoms with Gasteiger partial charge in [0.1, 0.15) is 0 Å². The zero-order chi connectivity index (χ0) is 16.3. The normalized spacial score (nSPS) is 12.2. The van der Waals surface area contributed by atoms with Gasteiger partial charge in [0.15, 0.2) is 0 Å². The van der Waals surface area contributed by atoms with Crippen LogP contribution in [0.15, 0.2) is 60.8 Å². The van der Waals surface area contributed by atoms with Gasteiger partial charge in [-0.25, -0.2) is 4.79 Å². The maximum Gasteiger partial charge on any atom is 1.00 e. The van der Waals surface area contributed by atoms with Crippen LogP contribution in [-0.4, -0.2) is 11.1 Å². The van der Waals surface area contributed by atoms with E-state index in [-0.39, 0.29) is 31.0 Å². The van der Waals surface area contributed by atoms with Crippen molar-refractivity contribution in [2.45, 2.75) is 58.3 Å². The molecule has 0 saturated heterocycles. The summed E-state index contributed by atoms with van der Waals surface area (Å²) in [6.07, 6.45) is 28.8. The van der Waals surface area contributed by atoms with Crippen molar-refractivity contribution >= 4 is 5.97 Å². The Morgan fingerprint density at radius 3 is 1.83 bits per heavy atom. The number of rotatable bonds is 13. The maximum atomic E-state index is 10.2. The molecule has 0 rings (SSSR count). The van der Waals surface area contributed by atoms with Crippen LogP contribution in [0.3, 0.4) is 0 Å². The first-order chi connectivity index (χ1) is 10.8. The smallest absolute Gasteiger partial charge is 1.00 e. The van der Waals surface area contributed by atoms with Crippen LogP contribution in [-0.2, 0) is 4.79 Å². The summed E-state index contributed by atoms with van der Waals surface area (Å²) in [6, 6.07) is 0. The van der Waals surface area contributed by atoms with E-state index >= 15 is 0 Å². The molecule has 0 aromatic heterocycles. The van der Waals surface area contributed by atoms with Crippen LogP contribution < -0.4 is 29.6 Å². The summed E-state index contributed by atoms with van der Waals surface area (Å²) in [4.78, 5) is 10.2. The molecule has 0 unspecified atom stereocenters. The Labute approximate surface area is 165 Å². The number of allylic oxidation sites excluding steroid dienone is 9. The molecule has 3 heteroatoms. The number of hydrogen-bond donors (Lipinski definition) is 1. The van der Waals surface area contributed by atoms with Crippen LogP contribution in [0.25, 0.3) is 0 Å². The van der Waals surface area contributed by atoms with Gasteiger partial charge < -0.3 is 6.53 Å². The molecule has 2 nitrogen and oxygen atoms in total. The summed E-state index contributed by atoms with van der Waals surface area (Å²) in [5.41, 5.74) is 0. The van der Waals surface area contributed by atoms with E-state index in [0.29, 0.717) is 0 Å². The van der Waals surface area contributed by atoms with E-state index in [1.165, 1.54) is 51.0 Å². The minimum absolute atomic E-state index is 0. The molecule has 0 aromatic rings. The van der Waals surface area contributed by atoms with Gasteiger partial charge in [0.25, 0.3) is 0 Å². The van der Waals surface area contributed by atoms with Gasteiger partial charge in [-0.05, 0) is 12.8 Å². The van der Waals surface area contributed by atoms with Crippen LogP contribution in [0.2, 0.25) is 0 Å². The summed E-state index contributed by atoms with van der Waals surface area (Å²) in [6.45, 7) is 2.25. The average molecular weight is 326 g/mol. The quantitative estimate of drug-likeness (QED) is 0.244. The summed E-state index contributed by atoms with van der Waals surface area (Å²) >= 11 is 0. The monoisotopic (exact) mass is 326 g/mol. The summed E-state index contributed by atoms with van der Waals surface area (Å²) < 4.78 is 0. The van der Waals surface area contributed by atoms with Crippen molar-refractivity contribution in [3.8, 4) is 0 Å². The molecule has 0 bridgehead atoms. The van der Waals surface area contributed by atoms with Gasteiger partial charge in [0, 0.05) is 6.08 Å². The molecular weight excluding hydrogens is 295 g/mol. The molecule has 124 valence electrons. The molecule has 0 aromatic carbocycles. The number of hydrogen-bond acceptors (Lipinski definition) is 1. The average Bonchev–Trinajstić information content (AvgIpc) is 2.50. The third-order valence-electron chi connectivity index (χ3n) is 3.13. The van der Waals surface area contributed by atoms with E-state index in [2.05, 4.69) is 19.1 Å². The van der Waals surface area contributed by atoms with Crippen molar-refractivity contribution in [1.82, 2.24) is 0 Å². The fourth-order valence-corrected chi connectivity index (χ4v) is 1.92. The number of carboxylic acids is 1. The Kier molecular flexibility index (Phi) is 22.5. The molecule has 0 aliphatic carbocycles. The molecule has 0 aliphatic heterocycles. The number of carboxylic acid groups (broad SMARTS) is 1. The van der Waals surface area contributed by atoms with E-state index < -0.39 is 5.97 Å². The molecular formula is C20H31NaO2. The number of aliphatic carboxylic acids is 1. The van der Waals surface area contributed by atoms with Gasteiger partial charge in [0.05, 0.1) is 0 Å². The first kappa shape index (κ1) is 24.4. The van der Waals surface area contributed by atoms with Gasteiger partial charge in [-0.2, -0.15) is 0 Å². The van der Waals surface area contributed by atoms with Crippen LogP contribution in [0.1, 0.15) is 59.7 Å². The molecule has 0 aliphatic rings. The van der Waals surface area contributed by atoms with Crippen molar-refractivity contribution in [3.05, 3.63) is 60.8 Å². The number of carbonyl (C=O) groups is 1. The predicted molar refractivity (Wildman–Crippen MR) is 97.1 cm³/mol. The Morgan fingerprint density at radius 2 is 1.26 bits per heavy atom. The second-order valence-corrected chi connectivity index (χ2v) is 5.19. The molecule has 0 saturated carbocycles. The van der Waals surface area contributed by atoms with E-state index in [9.17, 15) is 4.79 Å². The van der Waals surface area contributed by atoms with Crippen LogP contribution in [0.4, 0.5) is 0 Å². The van der Waals surface area contributed by atoms with Gasteiger partial charge >= 0.3 is 35.5 Å². The third kappa shape index (κ3) is 23.6.